The molecule has 0 aliphatic heterocycles. The van der Waals surface area contributed by atoms with Crippen LogP contribution < -0.4 is 10.2 Å². The van der Waals surface area contributed by atoms with Crippen molar-refractivity contribution in [3.05, 3.63) is 120 Å². The van der Waals surface area contributed by atoms with Gasteiger partial charge in [-0.3, -0.25) is 9.78 Å². The van der Waals surface area contributed by atoms with Crippen LogP contribution in [0, 0.1) is 0 Å². The summed E-state index contributed by atoms with van der Waals surface area (Å²) in [5.41, 5.74) is 4.29. The summed E-state index contributed by atoms with van der Waals surface area (Å²) >= 11 is 0. The van der Waals surface area contributed by atoms with Gasteiger partial charge in [0.25, 0.3) is 5.91 Å². The molecule has 5 heteroatoms. The van der Waals surface area contributed by atoms with E-state index in [9.17, 15) is 4.79 Å². The Kier molecular flexibility index (Phi) is 6.11. The molecule has 2 heterocycles. The second-order valence-electron chi connectivity index (χ2n) is 6.85. The maximum absolute atomic E-state index is 13.3. The molecule has 5 nitrogen and oxygen atoms in total. The molecule has 4 rings (SSSR count). The van der Waals surface area contributed by atoms with E-state index in [1.54, 1.807) is 29.6 Å². The van der Waals surface area contributed by atoms with E-state index in [0.29, 0.717) is 18.8 Å². The van der Waals surface area contributed by atoms with Crippen LogP contribution in [0.3, 0.4) is 0 Å². The molecule has 0 fully saturated rings. The Bertz CT molecular complexity index is 1070. The molecule has 0 saturated heterocycles. The zero-order chi connectivity index (χ0) is 20.6. The lowest BCUT2D eigenvalue weighted by Crippen LogP contribution is -2.31. The predicted molar refractivity (Wildman–Crippen MR) is 119 cm³/mol. The predicted octanol–water partition coefficient (Wildman–Crippen LogP) is 4.94. The third kappa shape index (κ3) is 4.89. The monoisotopic (exact) mass is 394 g/mol. The normalized spacial score (nSPS) is 10.4. The standard InChI is InChI=1S/C25H22N4O/c30-25(24-12-11-22(18-28-24)27-17-20-13-15-26-16-14-20)29(23-9-5-2-6-10-23)19-21-7-3-1-4-8-21/h1-16,18,27H,17,19H2. The summed E-state index contributed by atoms with van der Waals surface area (Å²) in [5, 5.41) is 3.31. The van der Waals surface area contributed by atoms with Crippen LogP contribution >= 0.6 is 0 Å². The first-order chi connectivity index (χ1) is 14.8. The number of hydrogen-bond acceptors (Lipinski definition) is 4. The van der Waals surface area contributed by atoms with Crippen LogP contribution in [0.15, 0.2) is 104 Å². The highest BCUT2D eigenvalue weighted by Crippen LogP contribution is 2.20. The molecule has 148 valence electrons. The smallest absolute Gasteiger partial charge is 0.277 e. The molecule has 0 saturated carbocycles. The molecule has 0 radical (unpaired) electrons. The number of nitrogens with zero attached hydrogens (tertiary/aromatic N) is 3. The van der Waals surface area contributed by atoms with E-state index in [1.165, 1.54) is 0 Å². The van der Waals surface area contributed by atoms with Gasteiger partial charge in [0, 0.05) is 24.6 Å². The second-order valence-corrected chi connectivity index (χ2v) is 6.85. The van der Waals surface area contributed by atoms with Gasteiger partial charge in [-0.25, -0.2) is 4.98 Å². The number of hydrogen-bond donors (Lipinski definition) is 1. The number of nitrogens with one attached hydrogen (secondary N) is 1. The largest absolute Gasteiger partial charge is 0.380 e. The van der Waals surface area contributed by atoms with Gasteiger partial charge in [0.1, 0.15) is 5.69 Å². The first kappa shape index (κ1) is 19.3. The summed E-state index contributed by atoms with van der Waals surface area (Å²) < 4.78 is 0. The third-order valence-electron chi connectivity index (χ3n) is 4.73. The van der Waals surface area contributed by atoms with Crippen molar-refractivity contribution in [1.82, 2.24) is 9.97 Å². The van der Waals surface area contributed by atoms with Gasteiger partial charge in [-0.1, -0.05) is 48.5 Å². The third-order valence-corrected chi connectivity index (χ3v) is 4.73. The molecule has 1 N–H and O–H groups in total. The number of aromatic nitrogens is 2. The van der Waals surface area contributed by atoms with Crippen molar-refractivity contribution in [3.8, 4) is 0 Å². The van der Waals surface area contributed by atoms with Crippen LogP contribution in [-0.4, -0.2) is 15.9 Å². The molecule has 0 atom stereocenters. The average molecular weight is 394 g/mol. The van der Waals surface area contributed by atoms with E-state index in [1.807, 2.05) is 78.9 Å². The molecule has 2 aromatic heterocycles. The van der Waals surface area contributed by atoms with E-state index >= 15 is 0 Å². The Hall–Kier alpha value is -3.99. The lowest BCUT2D eigenvalue weighted by atomic mass is 10.1. The van der Waals surface area contributed by atoms with Crippen molar-refractivity contribution >= 4 is 17.3 Å². The highest BCUT2D eigenvalue weighted by Gasteiger charge is 2.19. The van der Waals surface area contributed by atoms with Crippen molar-refractivity contribution in [2.24, 2.45) is 0 Å². The van der Waals surface area contributed by atoms with Gasteiger partial charge in [-0.15, -0.1) is 0 Å². The Morgan fingerprint density at radius 1 is 0.800 bits per heavy atom. The van der Waals surface area contributed by atoms with Gasteiger partial charge in [-0.2, -0.15) is 0 Å². The molecule has 4 aromatic rings. The Balaban J connectivity index is 1.51. The van der Waals surface area contributed by atoms with E-state index < -0.39 is 0 Å². The van der Waals surface area contributed by atoms with Crippen molar-refractivity contribution in [3.63, 3.8) is 0 Å². The van der Waals surface area contributed by atoms with Gasteiger partial charge in [-0.05, 0) is 47.5 Å². The molecule has 0 bridgehead atoms. The zero-order valence-corrected chi connectivity index (χ0v) is 16.5. The number of para-hydroxylation sites is 1. The molecule has 2 aromatic carbocycles. The molecule has 0 aliphatic rings. The highest BCUT2D eigenvalue weighted by atomic mass is 16.2. The fraction of sp³-hybridized carbons (Fsp3) is 0.0800. The van der Waals surface area contributed by atoms with Crippen molar-refractivity contribution in [2.45, 2.75) is 13.1 Å². The quantitative estimate of drug-likeness (QED) is 0.483. The van der Waals surface area contributed by atoms with Crippen LogP contribution in [0.2, 0.25) is 0 Å². The first-order valence-corrected chi connectivity index (χ1v) is 9.79. The molecular formula is C25H22N4O. The van der Waals surface area contributed by atoms with Crippen LogP contribution in [0.25, 0.3) is 0 Å². The maximum atomic E-state index is 13.3. The van der Waals surface area contributed by atoms with Gasteiger partial charge in [0.05, 0.1) is 18.4 Å². The molecule has 0 aliphatic carbocycles. The van der Waals surface area contributed by atoms with Crippen LogP contribution in [0.4, 0.5) is 11.4 Å². The van der Waals surface area contributed by atoms with Crippen LogP contribution in [-0.2, 0) is 13.1 Å². The Morgan fingerprint density at radius 2 is 1.50 bits per heavy atom. The van der Waals surface area contributed by atoms with E-state index in [-0.39, 0.29) is 5.91 Å². The molecule has 0 unspecified atom stereocenters. The topological polar surface area (TPSA) is 58.1 Å². The number of carbonyl (C=O) groups excluding carboxylic acids is 1. The fourth-order valence-electron chi connectivity index (χ4n) is 3.12. The summed E-state index contributed by atoms with van der Waals surface area (Å²) in [6, 6.07) is 27.2. The summed E-state index contributed by atoms with van der Waals surface area (Å²) in [6.07, 6.45) is 5.23. The molecular weight excluding hydrogens is 372 g/mol. The second kappa shape index (κ2) is 9.47. The minimum absolute atomic E-state index is 0.134. The van der Waals surface area contributed by atoms with Gasteiger partial charge >= 0.3 is 0 Å². The van der Waals surface area contributed by atoms with Gasteiger partial charge in [0.15, 0.2) is 0 Å². The van der Waals surface area contributed by atoms with Crippen molar-refractivity contribution < 1.29 is 4.79 Å². The maximum Gasteiger partial charge on any atom is 0.277 e. The fourth-order valence-corrected chi connectivity index (χ4v) is 3.12. The number of pyridine rings is 2. The van der Waals surface area contributed by atoms with E-state index in [2.05, 4.69) is 15.3 Å². The summed E-state index contributed by atoms with van der Waals surface area (Å²) in [6.45, 7) is 1.15. The van der Waals surface area contributed by atoms with E-state index in [4.69, 9.17) is 0 Å². The van der Waals surface area contributed by atoms with Crippen LogP contribution in [0.5, 0.6) is 0 Å². The number of carbonyl (C=O) groups is 1. The van der Waals surface area contributed by atoms with Crippen molar-refractivity contribution in [2.75, 3.05) is 10.2 Å². The summed E-state index contributed by atoms with van der Waals surface area (Å²) in [5.74, 6) is -0.134. The Labute approximate surface area is 176 Å². The number of anilines is 2. The minimum Gasteiger partial charge on any atom is -0.380 e. The summed E-state index contributed by atoms with van der Waals surface area (Å²) in [7, 11) is 0. The molecule has 0 spiro atoms. The molecule has 30 heavy (non-hydrogen) atoms. The number of rotatable bonds is 7. The number of amides is 1. The lowest BCUT2D eigenvalue weighted by molar-refractivity contribution is 0.0980. The average Bonchev–Trinajstić information content (AvgIpc) is 2.83. The first-order valence-electron chi connectivity index (χ1n) is 9.79. The SMILES string of the molecule is O=C(c1ccc(NCc2ccncc2)cn1)N(Cc1ccccc1)c1ccccc1. The zero-order valence-electron chi connectivity index (χ0n) is 16.5. The number of benzene rings is 2. The highest BCUT2D eigenvalue weighted by molar-refractivity contribution is 6.04. The van der Waals surface area contributed by atoms with Crippen LogP contribution in [0.1, 0.15) is 21.6 Å². The van der Waals surface area contributed by atoms with Gasteiger partial charge in [0.2, 0.25) is 0 Å². The lowest BCUT2D eigenvalue weighted by Gasteiger charge is -2.23. The van der Waals surface area contributed by atoms with Gasteiger partial charge < -0.3 is 10.2 Å². The molecule has 1 amide bonds. The summed E-state index contributed by atoms with van der Waals surface area (Å²) in [4.78, 5) is 23.5. The Morgan fingerprint density at radius 3 is 2.17 bits per heavy atom. The van der Waals surface area contributed by atoms with E-state index in [0.717, 1.165) is 22.5 Å². The van der Waals surface area contributed by atoms with Crippen molar-refractivity contribution in [1.29, 1.82) is 0 Å². The minimum atomic E-state index is -0.134.